The number of rotatable bonds is 3. The monoisotopic (exact) mass is 283 g/mol. The molecule has 5 heteroatoms. The van der Waals surface area contributed by atoms with Gasteiger partial charge in [0.2, 0.25) is 5.91 Å². The summed E-state index contributed by atoms with van der Waals surface area (Å²) in [4.78, 5) is 12.3. The van der Waals surface area contributed by atoms with Crippen LogP contribution in [0.25, 0.3) is 0 Å². The van der Waals surface area contributed by atoms with Gasteiger partial charge < -0.3 is 10.4 Å². The zero-order valence-corrected chi connectivity index (χ0v) is 12.0. The van der Waals surface area contributed by atoms with E-state index >= 15 is 0 Å². The van der Waals surface area contributed by atoms with Crippen molar-refractivity contribution in [3.05, 3.63) is 47.8 Å². The topological polar surface area (TPSA) is 67.2 Å². The van der Waals surface area contributed by atoms with Gasteiger partial charge in [-0.25, -0.2) is 0 Å². The molecule has 1 unspecified atom stereocenters. The molecule has 2 N–H and O–H groups in total. The SMILES string of the molecule is Cc1ccc(C#CCO)c(NC(=O)C(C)n2cccn2)c1. The van der Waals surface area contributed by atoms with Gasteiger partial charge in [0.05, 0.1) is 5.69 Å². The van der Waals surface area contributed by atoms with Gasteiger partial charge in [-0.15, -0.1) is 0 Å². The zero-order chi connectivity index (χ0) is 15.2. The molecule has 1 atom stereocenters. The Morgan fingerprint density at radius 3 is 3.00 bits per heavy atom. The van der Waals surface area contributed by atoms with E-state index in [0.717, 1.165) is 5.56 Å². The molecule has 0 radical (unpaired) electrons. The van der Waals surface area contributed by atoms with Gasteiger partial charge >= 0.3 is 0 Å². The van der Waals surface area contributed by atoms with Crippen molar-refractivity contribution in [2.75, 3.05) is 11.9 Å². The number of carbonyl (C=O) groups excluding carboxylic acids is 1. The number of amides is 1. The molecule has 1 heterocycles. The van der Waals surface area contributed by atoms with E-state index in [2.05, 4.69) is 22.3 Å². The highest BCUT2D eigenvalue weighted by Crippen LogP contribution is 2.18. The van der Waals surface area contributed by atoms with E-state index in [1.165, 1.54) is 0 Å². The maximum atomic E-state index is 12.3. The van der Waals surface area contributed by atoms with Gasteiger partial charge in [-0.1, -0.05) is 17.9 Å². The third-order valence-electron chi connectivity index (χ3n) is 3.04. The lowest BCUT2D eigenvalue weighted by molar-refractivity contribution is -0.119. The smallest absolute Gasteiger partial charge is 0.248 e. The summed E-state index contributed by atoms with van der Waals surface area (Å²) >= 11 is 0. The molecule has 0 saturated heterocycles. The van der Waals surface area contributed by atoms with Crippen molar-refractivity contribution in [2.24, 2.45) is 0 Å². The molecule has 108 valence electrons. The Hall–Kier alpha value is -2.58. The average Bonchev–Trinajstić information content (AvgIpc) is 2.99. The standard InChI is InChI=1S/C16H17N3O2/c1-12-6-7-14(5-3-10-20)15(11-12)18-16(21)13(2)19-9-4-8-17-19/h4,6-9,11,13,20H,10H2,1-2H3,(H,18,21). The van der Waals surface area contributed by atoms with Gasteiger partial charge in [-0.2, -0.15) is 5.10 Å². The first-order valence-corrected chi connectivity index (χ1v) is 6.62. The largest absolute Gasteiger partial charge is 0.384 e. The van der Waals surface area contributed by atoms with Crippen LogP contribution in [0.3, 0.4) is 0 Å². The van der Waals surface area contributed by atoms with E-state index in [0.29, 0.717) is 11.3 Å². The van der Waals surface area contributed by atoms with Crippen LogP contribution in [-0.4, -0.2) is 27.4 Å². The second-order valence-corrected chi connectivity index (χ2v) is 4.66. The average molecular weight is 283 g/mol. The van der Waals surface area contributed by atoms with Crippen molar-refractivity contribution in [3.63, 3.8) is 0 Å². The predicted molar refractivity (Wildman–Crippen MR) is 80.7 cm³/mol. The molecule has 0 spiro atoms. The lowest BCUT2D eigenvalue weighted by atomic mass is 10.1. The van der Waals surface area contributed by atoms with Crippen molar-refractivity contribution in [1.82, 2.24) is 9.78 Å². The number of benzene rings is 1. The summed E-state index contributed by atoms with van der Waals surface area (Å²) in [5.41, 5.74) is 2.34. The van der Waals surface area contributed by atoms with Crippen LogP contribution in [0.4, 0.5) is 5.69 Å². The summed E-state index contributed by atoms with van der Waals surface area (Å²) < 4.78 is 1.59. The number of aryl methyl sites for hydroxylation is 1. The number of carbonyl (C=O) groups is 1. The predicted octanol–water partition coefficient (Wildman–Crippen LogP) is 1.74. The Labute approximate surface area is 123 Å². The summed E-state index contributed by atoms with van der Waals surface area (Å²) in [7, 11) is 0. The quantitative estimate of drug-likeness (QED) is 0.843. The Morgan fingerprint density at radius 2 is 2.33 bits per heavy atom. The highest BCUT2D eigenvalue weighted by molar-refractivity contribution is 5.94. The highest BCUT2D eigenvalue weighted by atomic mass is 16.2. The maximum absolute atomic E-state index is 12.3. The number of aliphatic hydroxyl groups excluding tert-OH is 1. The van der Waals surface area contributed by atoms with E-state index < -0.39 is 6.04 Å². The molecule has 5 nitrogen and oxygen atoms in total. The molecule has 0 saturated carbocycles. The fourth-order valence-electron chi connectivity index (χ4n) is 1.87. The minimum atomic E-state index is -0.417. The lowest BCUT2D eigenvalue weighted by Gasteiger charge is -2.14. The van der Waals surface area contributed by atoms with E-state index in [4.69, 9.17) is 5.11 Å². The molecule has 0 fully saturated rings. The molecule has 0 aliphatic heterocycles. The number of nitrogens with zero attached hydrogens (tertiary/aromatic N) is 2. The van der Waals surface area contributed by atoms with Crippen molar-refractivity contribution in [3.8, 4) is 11.8 Å². The van der Waals surface area contributed by atoms with Crippen molar-refractivity contribution in [1.29, 1.82) is 0 Å². The van der Waals surface area contributed by atoms with Crippen LogP contribution >= 0.6 is 0 Å². The minimum absolute atomic E-state index is 0.170. The van der Waals surface area contributed by atoms with Crippen LogP contribution in [0, 0.1) is 18.8 Å². The number of nitrogens with one attached hydrogen (secondary N) is 1. The molecule has 2 aromatic rings. The molecule has 1 amide bonds. The van der Waals surface area contributed by atoms with Crippen LogP contribution in [0.2, 0.25) is 0 Å². The molecule has 0 aliphatic rings. The molecule has 0 bridgehead atoms. The van der Waals surface area contributed by atoms with Gasteiger partial charge in [0.15, 0.2) is 0 Å². The van der Waals surface area contributed by atoms with E-state index in [1.54, 1.807) is 30.1 Å². The van der Waals surface area contributed by atoms with Gasteiger partial charge in [-0.05, 0) is 37.6 Å². The van der Waals surface area contributed by atoms with E-state index in [-0.39, 0.29) is 12.5 Å². The summed E-state index contributed by atoms with van der Waals surface area (Å²) in [5, 5.41) is 15.7. The number of aromatic nitrogens is 2. The van der Waals surface area contributed by atoms with Crippen LogP contribution in [0.15, 0.2) is 36.7 Å². The number of anilines is 1. The third-order valence-corrected chi connectivity index (χ3v) is 3.04. The van der Waals surface area contributed by atoms with E-state index in [1.807, 2.05) is 25.1 Å². The highest BCUT2D eigenvalue weighted by Gasteiger charge is 2.16. The van der Waals surface area contributed by atoms with Gasteiger partial charge in [0, 0.05) is 18.0 Å². The Kier molecular flexibility index (Phi) is 4.75. The second-order valence-electron chi connectivity index (χ2n) is 4.66. The summed E-state index contributed by atoms with van der Waals surface area (Å²) in [5.74, 6) is 5.25. The Morgan fingerprint density at radius 1 is 1.52 bits per heavy atom. The first kappa shape index (κ1) is 14.8. The van der Waals surface area contributed by atoms with Gasteiger partial charge in [0.25, 0.3) is 0 Å². The normalized spacial score (nSPS) is 11.4. The fourth-order valence-corrected chi connectivity index (χ4v) is 1.87. The van der Waals surface area contributed by atoms with E-state index in [9.17, 15) is 4.79 Å². The molecular weight excluding hydrogens is 266 g/mol. The second kappa shape index (κ2) is 6.73. The number of hydrogen-bond donors (Lipinski definition) is 2. The lowest BCUT2D eigenvalue weighted by Crippen LogP contribution is -2.24. The fraction of sp³-hybridized carbons (Fsp3) is 0.250. The van der Waals surface area contributed by atoms with Gasteiger partial charge in [0.1, 0.15) is 12.6 Å². The summed E-state index contributed by atoms with van der Waals surface area (Å²) in [6.07, 6.45) is 3.38. The molecular formula is C16H17N3O2. The molecule has 2 rings (SSSR count). The summed E-state index contributed by atoms with van der Waals surface area (Å²) in [6, 6.07) is 6.95. The van der Waals surface area contributed by atoms with Crippen LogP contribution in [0.1, 0.15) is 24.1 Å². The first-order valence-electron chi connectivity index (χ1n) is 6.62. The summed E-state index contributed by atoms with van der Waals surface area (Å²) in [6.45, 7) is 3.50. The Bertz CT molecular complexity index is 681. The molecule has 0 aliphatic carbocycles. The van der Waals surface area contributed by atoms with Crippen molar-refractivity contribution >= 4 is 11.6 Å². The first-order chi connectivity index (χ1) is 10.1. The number of aliphatic hydroxyl groups is 1. The zero-order valence-electron chi connectivity index (χ0n) is 12.0. The molecule has 1 aromatic heterocycles. The van der Waals surface area contributed by atoms with Crippen molar-refractivity contribution < 1.29 is 9.90 Å². The number of hydrogen-bond acceptors (Lipinski definition) is 3. The van der Waals surface area contributed by atoms with Crippen LogP contribution in [0.5, 0.6) is 0 Å². The Balaban J connectivity index is 2.22. The van der Waals surface area contributed by atoms with Crippen molar-refractivity contribution in [2.45, 2.75) is 19.9 Å². The maximum Gasteiger partial charge on any atom is 0.248 e. The molecule has 21 heavy (non-hydrogen) atoms. The third kappa shape index (κ3) is 3.71. The van der Waals surface area contributed by atoms with Gasteiger partial charge in [-0.3, -0.25) is 9.48 Å². The van der Waals surface area contributed by atoms with Crippen LogP contribution < -0.4 is 5.32 Å². The molecule has 1 aromatic carbocycles. The minimum Gasteiger partial charge on any atom is -0.384 e. The van der Waals surface area contributed by atoms with Crippen LogP contribution in [-0.2, 0) is 4.79 Å².